The molecule has 0 fully saturated rings. The van der Waals surface area contributed by atoms with Gasteiger partial charge in [-0.3, -0.25) is 9.48 Å². The van der Waals surface area contributed by atoms with E-state index in [9.17, 15) is 26.7 Å². The summed E-state index contributed by atoms with van der Waals surface area (Å²) in [6.07, 6.45) is -6.01. The quantitative estimate of drug-likeness (QED) is 0.632. The lowest BCUT2D eigenvalue weighted by Crippen LogP contribution is -2.35. The van der Waals surface area contributed by atoms with Crippen molar-refractivity contribution in [2.75, 3.05) is 5.73 Å². The molecule has 0 aliphatic carbocycles. The molecule has 9 heteroatoms. The van der Waals surface area contributed by atoms with Gasteiger partial charge in [0.05, 0.1) is 5.56 Å². The van der Waals surface area contributed by atoms with Crippen LogP contribution in [0, 0.1) is 0 Å². The first-order chi connectivity index (χ1) is 7.13. The molecule has 0 radical (unpaired) electrons. The van der Waals surface area contributed by atoms with Gasteiger partial charge in [0.25, 0.3) is 0 Å². The predicted octanol–water partition coefficient (Wildman–Crippen LogP) is 1.47. The van der Waals surface area contributed by atoms with Crippen LogP contribution in [0.3, 0.4) is 0 Å². The summed E-state index contributed by atoms with van der Waals surface area (Å²) in [5, 5.41) is 2.91. The van der Waals surface area contributed by atoms with Crippen LogP contribution in [0.4, 0.5) is 27.8 Å². The zero-order valence-electron chi connectivity index (χ0n) is 7.85. The fourth-order valence-electron chi connectivity index (χ4n) is 1.04. The van der Waals surface area contributed by atoms with Gasteiger partial charge in [-0.05, 0) is 0 Å². The number of aryl methyl sites for hydroxylation is 1. The van der Waals surface area contributed by atoms with Crippen molar-refractivity contribution >= 4 is 12.1 Å². The summed E-state index contributed by atoms with van der Waals surface area (Å²) in [6.45, 7) is 0. The molecule has 2 N–H and O–H groups in total. The molecular weight excluding hydrogens is 237 g/mol. The van der Waals surface area contributed by atoms with Gasteiger partial charge in [-0.15, -0.1) is 0 Å². The van der Waals surface area contributed by atoms with Crippen molar-refractivity contribution in [3.8, 4) is 0 Å². The van der Waals surface area contributed by atoms with E-state index in [4.69, 9.17) is 5.73 Å². The fourth-order valence-corrected chi connectivity index (χ4v) is 1.04. The monoisotopic (exact) mass is 243 g/mol. The molecule has 0 amide bonds. The van der Waals surface area contributed by atoms with Crippen LogP contribution in [0.25, 0.3) is 0 Å². The smallest absolute Gasteiger partial charge is 0.383 e. The Morgan fingerprint density at radius 2 is 1.81 bits per heavy atom. The number of rotatable bonds is 2. The van der Waals surface area contributed by atoms with Crippen molar-refractivity contribution in [2.45, 2.75) is 12.1 Å². The molecule has 0 saturated carbocycles. The van der Waals surface area contributed by atoms with Gasteiger partial charge in [-0.1, -0.05) is 0 Å². The van der Waals surface area contributed by atoms with Crippen LogP contribution in [0.5, 0.6) is 0 Å². The van der Waals surface area contributed by atoms with Crippen molar-refractivity contribution in [3.63, 3.8) is 0 Å². The van der Waals surface area contributed by atoms with Gasteiger partial charge in [0.2, 0.25) is 0 Å². The number of hydrogen-bond donors (Lipinski definition) is 1. The second-order valence-corrected chi connectivity index (χ2v) is 2.96. The first-order valence-electron chi connectivity index (χ1n) is 3.85. The van der Waals surface area contributed by atoms with Crippen LogP contribution < -0.4 is 5.73 Å². The molecule has 0 aliphatic heterocycles. The number of nitrogens with two attached hydrogens (primary N) is 1. The van der Waals surface area contributed by atoms with Gasteiger partial charge >= 0.3 is 12.1 Å². The maximum absolute atomic E-state index is 12.9. The summed E-state index contributed by atoms with van der Waals surface area (Å²) in [5.74, 6) is -5.76. The Balaban J connectivity index is 3.45. The molecule has 0 spiro atoms. The molecule has 1 heterocycles. The standard InChI is InChI=1S/C7H6F5N3O/c1-15-5(13)3(2-16)4(14-15)6(8,9)7(10,11)12/h2H,13H2,1H3. The fraction of sp³-hybridized carbons (Fsp3) is 0.429. The second kappa shape index (κ2) is 3.42. The average Bonchev–Trinajstić information content (AvgIpc) is 2.42. The lowest BCUT2D eigenvalue weighted by molar-refractivity contribution is -0.291. The minimum atomic E-state index is -5.83. The number of hydrogen-bond acceptors (Lipinski definition) is 3. The first-order valence-corrected chi connectivity index (χ1v) is 3.85. The van der Waals surface area contributed by atoms with E-state index < -0.39 is 29.2 Å². The number of nitrogen functional groups attached to an aromatic ring is 1. The molecule has 4 nitrogen and oxygen atoms in total. The van der Waals surface area contributed by atoms with E-state index in [0.29, 0.717) is 4.68 Å². The summed E-state index contributed by atoms with van der Waals surface area (Å²) >= 11 is 0. The maximum atomic E-state index is 12.9. The van der Waals surface area contributed by atoms with E-state index in [2.05, 4.69) is 5.10 Å². The molecule has 1 rings (SSSR count). The highest BCUT2D eigenvalue weighted by atomic mass is 19.4. The molecule has 1 aromatic heterocycles. The molecule has 0 unspecified atom stereocenters. The second-order valence-electron chi connectivity index (χ2n) is 2.96. The summed E-state index contributed by atoms with van der Waals surface area (Å²) in [6, 6.07) is 0. The van der Waals surface area contributed by atoms with Gasteiger partial charge in [0, 0.05) is 7.05 Å². The molecule has 0 bridgehead atoms. The van der Waals surface area contributed by atoms with Crippen molar-refractivity contribution in [2.24, 2.45) is 7.05 Å². The Labute approximate surface area is 85.8 Å². The lowest BCUT2D eigenvalue weighted by Gasteiger charge is -2.17. The number of alkyl halides is 5. The van der Waals surface area contributed by atoms with Crippen LogP contribution in [-0.4, -0.2) is 22.2 Å². The molecule has 90 valence electrons. The van der Waals surface area contributed by atoms with Crippen molar-refractivity contribution in [1.29, 1.82) is 0 Å². The summed E-state index contributed by atoms with van der Waals surface area (Å²) in [5.41, 5.74) is 2.48. The van der Waals surface area contributed by atoms with E-state index in [-0.39, 0.29) is 6.29 Å². The SMILES string of the molecule is Cn1nc(C(F)(F)C(F)(F)F)c(C=O)c1N. The Bertz CT molecular complexity index is 422. The first kappa shape index (κ1) is 12.4. The van der Waals surface area contributed by atoms with Gasteiger partial charge in [-0.2, -0.15) is 27.1 Å². The van der Waals surface area contributed by atoms with Gasteiger partial charge in [0.15, 0.2) is 12.0 Å². The molecule has 0 aromatic carbocycles. The van der Waals surface area contributed by atoms with Crippen LogP contribution in [0.15, 0.2) is 0 Å². The van der Waals surface area contributed by atoms with Gasteiger partial charge in [0.1, 0.15) is 5.82 Å². The van der Waals surface area contributed by atoms with Gasteiger partial charge < -0.3 is 5.73 Å². The maximum Gasteiger partial charge on any atom is 0.459 e. The number of carbonyl (C=O) groups excluding carboxylic acids is 1. The third kappa shape index (κ3) is 1.61. The molecular formula is C7H6F5N3O. The van der Waals surface area contributed by atoms with E-state index >= 15 is 0 Å². The number of aldehydes is 1. The Morgan fingerprint density at radius 1 is 1.31 bits per heavy atom. The number of carbonyl (C=O) groups is 1. The highest BCUT2D eigenvalue weighted by Crippen LogP contribution is 2.44. The van der Waals surface area contributed by atoms with Crippen LogP contribution in [0.1, 0.15) is 16.1 Å². The minimum absolute atomic E-state index is 0.183. The molecule has 1 aromatic rings. The number of nitrogens with zero attached hydrogens (tertiary/aromatic N) is 2. The minimum Gasteiger partial charge on any atom is -0.383 e. The molecule has 0 aliphatic rings. The van der Waals surface area contributed by atoms with Crippen molar-refractivity contribution < 1.29 is 26.7 Å². The summed E-state index contributed by atoms with van der Waals surface area (Å²) < 4.78 is 62.4. The van der Waals surface area contributed by atoms with Crippen LogP contribution in [-0.2, 0) is 13.0 Å². The summed E-state index contributed by atoms with van der Waals surface area (Å²) in [7, 11) is 1.05. The van der Waals surface area contributed by atoms with E-state index in [1.165, 1.54) is 0 Å². The number of aromatic nitrogens is 2. The Kier molecular flexibility index (Phi) is 2.65. The van der Waals surface area contributed by atoms with E-state index in [1.54, 1.807) is 0 Å². The normalized spacial score (nSPS) is 12.9. The number of anilines is 1. The largest absolute Gasteiger partial charge is 0.459 e. The van der Waals surface area contributed by atoms with E-state index in [1.807, 2.05) is 0 Å². The molecule has 16 heavy (non-hydrogen) atoms. The third-order valence-electron chi connectivity index (χ3n) is 1.90. The zero-order valence-corrected chi connectivity index (χ0v) is 7.85. The van der Waals surface area contributed by atoms with Gasteiger partial charge in [-0.25, -0.2) is 0 Å². The molecule has 0 atom stereocenters. The highest BCUT2D eigenvalue weighted by Gasteiger charge is 2.61. The Morgan fingerprint density at radius 3 is 2.19 bits per heavy atom. The van der Waals surface area contributed by atoms with Crippen molar-refractivity contribution in [1.82, 2.24) is 9.78 Å². The third-order valence-corrected chi connectivity index (χ3v) is 1.90. The van der Waals surface area contributed by atoms with E-state index in [0.717, 1.165) is 7.05 Å². The van der Waals surface area contributed by atoms with Crippen LogP contribution >= 0.6 is 0 Å². The summed E-state index contributed by atoms with van der Waals surface area (Å²) in [4.78, 5) is 10.4. The van der Waals surface area contributed by atoms with Crippen LogP contribution in [0.2, 0.25) is 0 Å². The predicted molar refractivity (Wildman–Crippen MR) is 43.0 cm³/mol. The Hall–Kier alpha value is -1.67. The number of halogens is 5. The van der Waals surface area contributed by atoms with Crippen molar-refractivity contribution in [3.05, 3.63) is 11.3 Å². The highest BCUT2D eigenvalue weighted by molar-refractivity contribution is 5.84. The average molecular weight is 243 g/mol. The topological polar surface area (TPSA) is 60.9 Å². The molecule has 0 saturated heterocycles. The zero-order chi connectivity index (χ0) is 12.7. The lowest BCUT2D eigenvalue weighted by atomic mass is 10.1.